The molecule has 0 aromatic rings. The summed E-state index contributed by atoms with van der Waals surface area (Å²) < 4.78 is 640. The van der Waals surface area contributed by atoms with E-state index in [1.165, 1.54) is 0 Å². The van der Waals surface area contributed by atoms with Crippen LogP contribution in [0.1, 0.15) is 0 Å². The number of hydrogen-bond donors (Lipinski definition) is 1. The summed E-state index contributed by atoms with van der Waals surface area (Å²) in [4.78, 5) is 0. The van der Waals surface area contributed by atoms with Crippen LogP contribution in [0.2, 0.25) is 0 Å². The molecule has 1 N–H and O–H groups in total. The van der Waals surface area contributed by atoms with Crippen LogP contribution >= 0.6 is 0 Å². The SMILES string of the molecule is OC(F)(F)C(F)(F)C(F)(F)C(F)(F)C(F)(F)C(F)(F)C(F)(F)C(F)(F)C(F)(F)C(F)(F)C(F)(C(F)(F)F)C(F)(F)C(F)(F)C(F)(F)C(F)(F)C(F)(F)C(F)(F)C(F)(F)C(F)(F)C(F)(F)C(F)(F)C(F)(F)F. The van der Waals surface area contributed by atoms with Crippen molar-refractivity contribution in [2.75, 3.05) is 0 Å². The van der Waals surface area contributed by atoms with E-state index in [0.717, 1.165) is 0 Å². The van der Waals surface area contributed by atoms with Gasteiger partial charge in [-0.1, -0.05) is 0 Å². The van der Waals surface area contributed by atoms with Crippen molar-refractivity contribution >= 4 is 0 Å². The van der Waals surface area contributed by atoms with Crippen LogP contribution in [-0.4, -0.2) is 142 Å². The Kier molecular flexibility index (Phi) is 15.1. The summed E-state index contributed by atoms with van der Waals surface area (Å²) in [5.41, 5.74) is -11.3. The van der Waals surface area contributed by atoms with Gasteiger partial charge in [-0.3, -0.25) is 0 Å². The molecule has 0 radical (unpaired) electrons. The van der Waals surface area contributed by atoms with E-state index >= 15 is 0 Å². The zero-order valence-electron chi connectivity index (χ0n) is 29.7. The van der Waals surface area contributed by atoms with E-state index in [1.807, 2.05) is 0 Å². The van der Waals surface area contributed by atoms with Crippen molar-refractivity contribution in [3.05, 3.63) is 0 Å². The van der Waals surface area contributed by atoms with E-state index in [1.54, 1.807) is 0 Å². The highest BCUT2D eigenvalue weighted by Crippen LogP contribution is 2.73. The van der Waals surface area contributed by atoms with Crippen molar-refractivity contribution in [1.29, 1.82) is 0 Å². The first kappa shape index (κ1) is 67.7. The zero-order valence-corrected chi connectivity index (χ0v) is 29.7. The fourth-order valence-corrected chi connectivity index (χ4v) is 4.31. The predicted molar refractivity (Wildman–Crippen MR) is 117 cm³/mol. The van der Waals surface area contributed by atoms with Crippen LogP contribution in [0.5, 0.6) is 0 Å². The van der Waals surface area contributed by atoms with Crippen molar-refractivity contribution in [3.8, 4) is 0 Å². The molecule has 0 amide bonds. The molecule has 0 saturated heterocycles. The molecule has 48 heteroatoms. The number of alkyl halides is 47. The summed E-state index contributed by atoms with van der Waals surface area (Å²) in [5.74, 6) is -198. The van der Waals surface area contributed by atoms with Crippen LogP contribution in [0.25, 0.3) is 0 Å². The second-order valence-corrected chi connectivity index (χ2v) is 13.1. The highest BCUT2D eigenvalue weighted by Gasteiger charge is 3.06. The van der Waals surface area contributed by atoms with Gasteiger partial charge >= 0.3 is 137 Å². The second-order valence-electron chi connectivity index (χ2n) is 13.1. The van der Waals surface area contributed by atoms with Crippen molar-refractivity contribution in [2.24, 2.45) is 0 Å². The standard InChI is InChI=1S/C23HF47O/c24-1(21(63,64)65,3(27,28)5(31,32)7(35,36)9(39,40)11(43,44)14(49,50)16(53,54)18(57,58)20(61,62)23(69,70)71)2(25,26)4(29,30)6(33,34)8(37,38)10(41,42)12(45,46)13(47,48)15(51,52)17(55,56)19(59,60)22(66,67)68/h71H. The van der Waals surface area contributed by atoms with Gasteiger partial charge in [-0.25, -0.2) is 4.39 Å². The van der Waals surface area contributed by atoms with Gasteiger partial charge in [-0.05, 0) is 0 Å². The molecule has 0 bridgehead atoms. The Morgan fingerprint density at radius 2 is 0.239 bits per heavy atom. The lowest BCUT2D eigenvalue weighted by molar-refractivity contribution is -0.503. The first-order valence-electron chi connectivity index (χ1n) is 14.6. The Morgan fingerprint density at radius 1 is 0.127 bits per heavy atom. The van der Waals surface area contributed by atoms with Gasteiger partial charge in [0, 0.05) is 0 Å². The van der Waals surface area contributed by atoms with E-state index in [4.69, 9.17) is 5.11 Å². The van der Waals surface area contributed by atoms with Crippen LogP contribution in [0.4, 0.5) is 206 Å². The highest BCUT2D eigenvalue weighted by molar-refractivity contribution is 5.27. The average Bonchev–Trinajstić information content (AvgIpc) is 3.11. The molecular weight excluding hydrogens is 1190 g/mol. The molecule has 0 rings (SSSR count). The fraction of sp³-hybridized carbons (Fsp3) is 1.00. The quantitative estimate of drug-likeness (QED) is 0.120. The van der Waals surface area contributed by atoms with Crippen LogP contribution in [-0.2, 0) is 0 Å². The number of halogens is 47. The van der Waals surface area contributed by atoms with Gasteiger partial charge in [0.1, 0.15) is 0 Å². The molecule has 71 heavy (non-hydrogen) atoms. The van der Waals surface area contributed by atoms with E-state index in [0.29, 0.717) is 0 Å². The Labute approximate surface area is 349 Å². The van der Waals surface area contributed by atoms with Crippen LogP contribution < -0.4 is 0 Å². The topological polar surface area (TPSA) is 20.2 Å². The molecule has 0 heterocycles. The van der Waals surface area contributed by atoms with E-state index in [-0.39, 0.29) is 0 Å². The number of hydrogen-bond acceptors (Lipinski definition) is 1. The van der Waals surface area contributed by atoms with Crippen molar-refractivity contribution in [1.82, 2.24) is 0 Å². The Hall–Kier alpha value is -3.33. The van der Waals surface area contributed by atoms with Gasteiger partial charge in [0.25, 0.3) is 0 Å². The van der Waals surface area contributed by atoms with E-state index in [2.05, 4.69) is 0 Å². The molecule has 0 aromatic heterocycles. The molecule has 0 aliphatic heterocycles. The molecule has 0 aliphatic carbocycles. The number of aliphatic hydroxyl groups is 1. The monoisotopic (exact) mass is 1190 g/mol. The molecule has 0 aromatic carbocycles. The normalized spacial score (nSPS) is 18.3. The summed E-state index contributed by atoms with van der Waals surface area (Å²) in [5, 5.41) is 7.45. The predicted octanol–water partition coefficient (Wildman–Crippen LogP) is 14.5. The van der Waals surface area contributed by atoms with Gasteiger partial charge in [-0.2, -0.15) is 202 Å². The third kappa shape index (κ3) is 7.36. The summed E-state index contributed by atoms with van der Waals surface area (Å²) in [6.07, 6.45) is -27.2. The molecule has 1 atom stereocenters. The van der Waals surface area contributed by atoms with Gasteiger partial charge in [-0.15, -0.1) is 0 Å². The molecule has 0 aliphatic rings. The van der Waals surface area contributed by atoms with Crippen molar-refractivity contribution in [3.63, 3.8) is 0 Å². The van der Waals surface area contributed by atoms with Gasteiger partial charge in [0.2, 0.25) is 0 Å². The van der Waals surface area contributed by atoms with Crippen molar-refractivity contribution < 1.29 is 211 Å². The minimum atomic E-state index is -11.3. The first-order chi connectivity index (χ1) is 29.5. The van der Waals surface area contributed by atoms with Crippen LogP contribution in [0.15, 0.2) is 0 Å². The lowest BCUT2D eigenvalue weighted by Crippen LogP contribution is -2.83. The smallest absolute Gasteiger partial charge is 0.331 e. The molecule has 1 nitrogen and oxygen atoms in total. The maximum atomic E-state index is 14.7. The van der Waals surface area contributed by atoms with Gasteiger partial charge in [0.05, 0.1) is 0 Å². The van der Waals surface area contributed by atoms with Crippen LogP contribution in [0.3, 0.4) is 0 Å². The summed E-state index contributed by atoms with van der Waals surface area (Å²) in [7, 11) is 0. The molecule has 428 valence electrons. The molecule has 1 unspecified atom stereocenters. The van der Waals surface area contributed by atoms with E-state index < -0.39 is 137 Å². The first-order valence-corrected chi connectivity index (χ1v) is 14.6. The Bertz CT molecular complexity index is 1930. The maximum Gasteiger partial charge on any atom is 0.460 e. The third-order valence-electron chi connectivity index (χ3n) is 8.69. The minimum absolute atomic E-state index is 7.45. The molecule has 0 saturated carbocycles. The fourth-order valence-electron chi connectivity index (χ4n) is 4.31. The average molecular weight is 1190 g/mol. The largest absolute Gasteiger partial charge is 0.460 e. The maximum absolute atomic E-state index is 14.7. The summed E-state index contributed by atoms with van der Waals surface area (Å²) in [6.45, 7) is 0. The molecular formula is C23HF47O. The zero-order chi connectivity index (χ0) is 59.5. The highest BCUT2D eigenvalue weighted by atomic mass is 19.5. The lowest BCUT2D eigenvalue weighted by Gasteiger charge is -2.49. The summed E-state index contributed by atoms with van der Waals surface area (Å²) in [6, 6.07) is 0. The van der Waals surface area contributed by atoms with Gasteiger partial charge < -0.3 is 5.11 Å². The second kappa shape index (κ2) is 15.9. The van der Waals surface area contributed by atoms with Gasteiger partial charge in [0.15, 0.2) is 0 Å². The van der Waals surface area contributed by atoms with Crippen molar-refractivity contribution in [2.45, 2.75) is 137 Å². The molecule has 0 spiro atoms. The lowest BCUT2D eigenvalue weighted by atomic mass is 9.76. The summed E-state index contributed by atoms with van der Waals surface area (Å²) >= 11 is 0. The molecule has 0 fully saturated rings. The Balaban J connectivity index is 8.54. The van der Waals surface area contributed by atoms with E-state index in [9.17, 15) is 206 Å². The van der Waals surface area contributed by atoms with Crippen LogP contribution in [0, 0.1) is 0 Å². The third-order valence-corrected chi connectivity index (χ3v) is 8.69. The number of rotatable bonds is 20. The Morgan fingerprint density at radius 3 is 0.352 bits per heavy atom. The minimum Gasteiger partial charge on any atom is -0.331 e.